The molecule has 228 valence electrons. The molecule has 3 heterocycles. The number of nitrogens with one attached hydrogen (secondary N) is 2. The molecule has 1 saturated carbocycles. The Labute approximate surface area is 243 Å². The van der Waals surface area contributed by atoms with Crippen LogP contribution in [-0.2, 0) is 23.4 Å². The van der Waals surface area contributed by atoms with Crippen molar-refractivity contribution in [2.24, 2.45) is 0 Å². The van der Waals surface area contributed by atoms with Gasteiger partial charge in [0.2, 0.25) is 0 Å². The minimum atomic E-state index is -4.23. The minimum absolute atomic E-state index is 0.228. The number of aliphatic hydroxyl groups is 2. The summed E-state index contributed by atoms with van der Waals surface area (Å²) in [6.07, 6.45) is -0.529. The molecule has 15 heteroatoms. The second-order valence-corrected chi connectivity index (χ2v) is 12.8. The van der Waals surface area contributed by atoms with Gasteiger partial charge in [-0.25, -0.2) is 19.5 Å². The van der Waals surface area contributed by atoms with Crippen LogP contribution in [0, 0.1) is 6.92 Å². The van der Waals surface area contributed by atoms with Crippen molar-refractivity contribution in [2.45, 2.75) is 89.7 Å². The summed E-state index contributed by atoms with van der Waals surface area (Å²) in [7, 11) is -4.23. The molecule has 1 aromatic carbocycles. The molecule has 1 aliphatic carbocycles. The number of imidazole rings is 1. The number of aliphatic hydroxyl groups excluding tert-OH is 1. The fourth-order valence-corrected chi connectivity index (χ4v) is 6.10. The molecule has 0 radical (unpaired) electrons. The summed E-state index contributed by atoms with van der Waals surface area (Å²) in [6.45, 7) is 7.59. The molecule has 1 saturated heterocycles. The Bertz CT molecular complexity index is 1460. The fourth-order valence-electron chi connectivity index (χ4n) is 4.60. The summed E-state index contributed by atoms with van der Waals surface area (Å²) in [4.78, 5) is 25.9. The summed E-state index contributed by atoms with van der Waals surface area (Å²) in [6, 6.07) is 7.58. The molecule has 3 aromatic rings. The number of rotatable bonds is 12. The summed E-state index contributed by atoms with van der Waals surface area (Å²) >= 11 is 0. The average Bonchev–Trinajstić information content (AvgIpc) is 3.59. The van der Waals surface area contributed by atoms with Crippen LogP contribution in [0.2, 0.25) is 0 Å². The SMILES string of the molecule is Cc1nc(NC2CC2)c2ncn([C@@H]3O[C@H](CO[P@](=O)(N[C@H](C)C(=O)OC(C)C)Oc4ccccc4)[C@@H](O)[C@@]3(C)O)c2n1. The van der Waals surface area contributed by atoms with Gasteiger partial charge in [-0.1, -0.05) is 18.2 Å². The molecular weight excluding hydrogens is 567 g/mol. The number of carbonyl (C=O) groups is 1. The van der Waals surface area contributed by atoms with Crippen LogP contribution in [0.5, 0.6) is 5.75 Å². The molecule has 1 aliphatic heterocycles. The molecule has 2 aliphatic rings. The van der Waals surface area contributed by atoms with E-state index in [1.165, 1.54) is 24.7 Å². The first-order chi connectivity index (χ1) is 19.9. The normalized spacial score (nSPS) is 26.2. The highest BCUT2D eigenvalue weighted by Gasteiger charge is 2.54. The van der Waals surface area contributed by atoms with Gasteiger partial charge in [0.1, 0.15) is 35.4 Å². The van der Waals surface area contributed by atoms with Crippen LogP contribution >= 0.6 is 7.75 Å². The van der Waals surface area contributed by atoms with Crippen LogP contribution in [0.15, 0.2) is 36.7 Å². The Morgan fingerprint density at radius 1 is 1.24 bits per heavy atom. The maximum Gasteiger partial charge on any atom is 0.459 e. The van der Waals surface area contributed by atoms with Gasteiger partial charge in [-0.2, -0.15) is 5.09 Å². The largest absolute Gasteiger partial charge is 0.462 e. The second-order valence-electron chi connectivity index (χ2n) is 11.1. The third-order valence-electron chi connectivity index (χ3n) is 6.89. The lowest BCUT2D eigenvalue weighted by Gasteiger charge is -2.27. The first kappa shape index (κ1) is 30.3. The fraction of sp³-hybridized carbons (Fsp3) is 0.556. The number of ether oxygens (including phenoxy) is 2. The lowest BCUT2D eigenvalue weighted by molar-refractivity contribution is -0.149. The summed E-state index contributed by atoms with van der Waals surface area (Å²) in [5, 5.41) is 28.4. The lowest BCUT2D eigenvalue weighted by atomic mass is 9.96. The topological polar surface area (TPSA) is 179 Å². The van der Waals surface area contributed by atoms with E-state index in [4.69, 9.17) is 18.5 Å². The van der Waals surface area contributed by atoms with E-state index in [-0.39, 0.29) is 11.9 Å². The standard InChI is InChI=1S/C27H37N6O8P/c1-15(2)39-25(35)16(3)32-42(37,41-19-9-7-6-8-10-19)38-13-20-22(34)27(5,36)26(40-20)33-14-28-21-23(31-18-11-12-18)29-17(4)30-24(21)33/h6-10,14-16,18,20,22,26,34,36H,11-13H2,1-5H3,(H,32,37)(H,29,30,31)/t16-,20-,22-,26-,27-,42-/m1/s1. The molecule has 14 nitrogen and oxygen atoms in total. The summed E-state index contributed by atoms with van der Waals surface area (Å²) < 4.78 is 38.1. The van der Waals surface area contributed by atoms with Crippen LogP contribution in [0.25, 0.3) is 11.2 Å². The van der Waals surface area contributed by atoms with Gasteiger partial charge in [0.15, 0.2) is 23.2 Å². The Morgan fingerprint density at radius 3 is 2.62 bits per heavy atom. The van der Waals surface area contributed by atoms with Crippen LogP contribution < -0.4 is 14.9 Å². The molecule has 4 N–H and O–H groups in total. The molecule has 6 atom stereocenters. The second kappa shape index (κ2) is 11.9. The van der Waals surface area contributed by atoms with Gasteiger partial charge in [0, 0.05) is 6.04 Å². The van der Waals surface area contributed by atoms with Gasteiger partial charge in [0.05, 0.1) is 19.0 Å². The van der Waals surface area contributed by atoms with Crippen molar-refractivity contribution in [1.82, 2.24) is 24.6 Å². The van der Waals surface area contributed by atoms with Gasteiger partial charge < -0.3 is 29.5 Å². The van der Waals surface area contributed by atoms with E-state index < -0.39 is 50.4 Å². The van der Waals surface area contributed by atoms with E-state index in [9.17, 15) is 19.6 Å². The van der Waals surface area contributed by atoms with Crippen LogP contribution in [0.3, 0.4) is 0 Å². The third-order valence-corrected chi connectivity index (χ3v) is 8.54. The number of aromatic nitrogens is 4. The van der Waals surface area contributed by atoms with E-state index in [1.54, 1.807) is 51.1 Å². The monoisotopic (exact) mass is 604 g/mol. The molecular formula is C27H37N6O8P. The number of para-hydroxylation sites is 1. The molecule has 0 unspecified atom stereocenters. The number of aryl methyl sites for hydroxylation is 1. The number of carbonyl (C=O) groups excluding carboxylic acids is 1. The molecule has 0 spiro atoms. The maximum absolute atomic E-state index is 13.9. The van der Waals surface area contributed by atoms with Gasteiger partial charge in [-0.05, 0) is 59.6 Å². The Morgan fingerprint density at radius 2 is 1.95 bits per heavy atom. The minimum Gasteiger partial charge on any atom is -0.462 e. The van der Waals surface area contributed by atoms with Gasteiger partial charge in [-0.3, -0.25) is 13.9 Å². The zero-order chi connectivity index (χ0) is 30.2. The van der Waals surface area contributed by atoms with E-state index in [0.717, 1.165) is 12.8 Å². The summed E-state index contributed by atoms with van der Waals surface area (Å²) in [5.41, 5.74) is -0.883. The van der Waals surface area contributed by atoms with Crippen LogP contribution in [0.1, 0.15) is 52.6 Å². The highest BCUT2D eigenvalue weighted by Crippen LogP contribution is 2.47. The lowest BCUT2D eigenvalue weighted by Crippen LogP contribution is -2.44. The zero-order valence-electron chi connectivity index (χ0n) is 24.1. The van der Waals surface area contributed by atoms with Crippen molar-refractivity contribution in [3.05, 3.63) is 42.5 Å². The van der Waals surface area contributed by atoms with E-state index >= 15 is 0 Å². The first-order valence-corrected chi connectivity index (χ1v) is 15.4. The van der Waals surface area contributed by atoms with E-state index in [1.807, 2.05) is 0 Å². The molecule has 5 rings (SSSR count). The van der Waals surface area contributed by atoms with Gasteiger partial charge >= 0.3 is 13.7 Å². The molecule has 2 aromatic heterocycles. The van der Waals surface area contributed by atoms with Crippen molar-refractivity contribution in [3.8, 4) is 5.75 Å². The molecule has 0 amide bonds. The maximum atomic E-state index is 13.9. The van der Waals surface area contributed by atoms with E-state index in [2.05, 4.69) is 25.4 Å². The van der Waals surface area contributed by atoms with Crippen molar-refractivity contribution >= 4 is 30.7 Å². The number of benzene rings is 1. The first-order valence-electron chi connectivity index (χ1n) is 13.9. The van der Waals surface area contributed by atoms with Gasteiger partial charge in [0.25, 0.3) is 0 Å². The summed E-state index contributed by atoms with van der Waals surface area (Å²) in [5.74, 6) is 0.671. The number of nitrogens with zero attached hydrogens (tertiary/aromatic N) is 4. The highest BCUT2D eigenvalue weighted by molar-refractivity contribution is 7.52. The number of hydrogen-bond acceptors (Lipinski definition) is 12. The van der Waals surface area contributed by atoms with Crippen LogP contribution in [0.4, 0.5) is 5.82 Å². The Hall–Kier alpha value is -3.13. The van der Waals surface area contributed by atoms with Crippen molar-refractivity contribution in [2.75, 3.05) is 11.9 Å². The van der Waals surface area contributed by atoms with E-state index in [0.29, 0.717) is 28.8 Å². The van der Waals surface area contributed by atoms with Crippen molar-refractivity contribution in [3.63, 3.8) is 0 Å². The predicted molar refractivity (Wildman–Crippen MR) is 152 cm³/mol. The predicted octanol–water partition coefficient (Wildman–Crippen LogP) is 2.85. The number of anilines is 1. The highest BCUT2D eigenvalue weighted by atomic mass is 31.2. The molecule has 0 bridgehead atoms. The van der Waals surface area contributed by atoms with Crippen molar-refractivity contribution in [1.29, 1.82) is 0 Å². The average molecular weight is 605 g/mol. The third kappa shape index (κ3) is 6.59. The van der Waals surface area contributed by atoms with Crippen LogP contribution in [-0.4, -0.2) is 78.3 Å². The Balaban J connectivity index is 1.36. The quantitative estimate of drug-likeness (QED) is 0.175. The molecule has 2 fully saturated rings. The number of hydrogen-bond donors (Lipinski definition) is 4. The zero-order valence-corrected chi connectivity index (χ0v) is 25.0. The number of esters is 1. The Kier molecular flexibility index (Phi) is 8.57. The number of fused-ring (bicyclic) bond motifs is 1. The van der Waals surface area contributed by atoms with Gasteiger partial charge in [-0.15, -0.1) is 0 Å². The smallest absolute Gasteiger partial charge is 0.459 e. The van der Waals surface area contributed by atoms with Crippen molar-refractivity contribution < 1.29 is 38.1 Å². The molecule has 42 heavy (non-hydrogen) atoms.